The second-order valence-corrected chi connectivity index (χ2v) is 6.51. The van der Waals surface area contributed by atoms with Crippen molar-refractivity contribution in [3.63, 3.8) is 0 Å². The molecular weight excluding hydrogens is 278 g/mol. The van der Waals surface area contributed by atoms with E-state index >= 15 is 0 Å². The summed E-state index contributed by atoms with van der Waals surface area (Å²) in [6.07, 6.45) is 0. The van der Waals surface area contributed by atoms with Crippen LogP contribution in [0.5, 0.6) is 0 Å². The Morgan fingerprint density at radius 1 is 0.952 bits per heavy atom. The van der Waals surface area contributed by atoms with Crippen LogP contribution in [0.1, 0.15) is 22.3 Å². The normalized spacial score (nSPS) is 10.5. The molecule has 0 aromatic heterocycles. The predicted molar refractivity (Wildman–Crippen MR) is 91.2 cm³/mol. The zero-order valence-electron chi connectivity index (χ0n) is 13.0. The van der Waals surface area contributed by atoms with Crippen LogP contribution in [-0.4, -0.2) is 11.7 Å². The maximum atomic E-state index is 12.0. The highest BCUT2D eigenvalue weighted by Crippen LogP contribution is 2.21. The van der Waals surface area contributed by atoms with Crippen molar-refractivity contribution < 1.29 is 4.79 Å². The van der Waals surface area contributed by atoms with Gasteiger partial charge in [-0.25, -0.2) is 0 Å². The van der Waals surface area contributed by atoms with E-state index in [2.05, 4.69) is 43.4 Å². The Bertz CT molecular complexity index is 644. The fraction of sp³-hybridized carbons (Fsp3) is 0.278. The van der Waals surface area contributed by atoms with E-state index in [0.29, 0.717) is 5.75 Å². The molecule has 0 fully saturated rings. The summed E-state index contributed by atoms with van der Waals surface area (Å²) < 4.78 is 0. The van der Waals surface area contributed by atoms with Gasteiger partial charge in [0.25, 0.3) is 0 Å². The van der Waals surface area contributed by atoms with Crippen LogP contribution in [-0.2, 0) is 4.79 Å². The first-order valence-corrected chi connectivity index (χ1v) is 8.01. The topological polar surface area (TPSA) is 29.1 Å². The van der Waals surface area contributed by atoms with Crippen molar-refractivity contribution in [2.75, 3.05) is 11.1 Å². The quantitative estimate of drug-likeness (QED) is 0.833. The van der Waals surface area contributed by atoms with Crippen molar-refractivity contribution >= 4 is 23.4 Å². The van der Waals surface area contributed by atoms with Crippen LogP contribution in [0, 0.1) is 27.7 Å². The predicted octanol–water partition coefficient (Wildman–Crippen LogP) is 4.65. The lowest BCUT2D eigenvalue weighted by Gasteiger charge is -2.08. The Labute approximate surface area is 131 Å². The van der Waals surface area contributed by atoms with Crippen molar-refractivity contribution in [1.82, 2.24) is 0 Å². The number of thioether (sulfide) groups is 1. The third-order valence-electron chi connectivity index (χ3n) is 3.35. The Hall–Kier alpha value is -1.74. The summed E-state index contributed by atoms with van der Waals surface area (Å²) in [6, 6.07) is 12.4. The maximum Gasteiger partial charge on any atom is 0.234 e. The lowest BCUT2D eigenvalue weighted by Crippen LogP contribution is -2.14. The van der Waals surface area contributed by atoms with Crippen molar-refractivity contribution in [3.8, 4) is 0 Å². The number of carbonyl (C=O) groups is 1. The lowest BCUT2D eigenvalue weighted by atomic mass is 10.1. The largest absolute Gasteiger partial charge is 0.325 e. The smallest absolute Gasteiger partial charge is 0.234 e. The average molecular weight is 299 g/mol. The molecule has 2 aromatic rings. The van der Waals surface area contributed by atoms with Gasteiger partial charge in [0.15, 0.2) is 0 Å². The molecule has 3 heteroatoms. The van der Waals surface area contributed by atoms with Gasteiger partial charge in [0.05, 0.1) is 5.75 Å². The van der Waals surface area contributed by atoms with Crippen molar-refractivity contribution in [2.45, 2.75) is 32.6 Å². The van der Waals surface area contributed by atoms with E-state index in [9.17, 15) is 4.79 Å². The highest BCUT2D eigenvalue weighted by molar-refractivity contribution is 8.00. The van der Waals surface area contributed by atoms with E-state index in [1.54, 1.807) is 11.8 Å². The van der Waals surface area contributed by atoms with Gasteiger partial charge in [-0.1, -0.05) is 12.1 Å². The van der Waals surface area contributed by atoms with Gasteiger partial charge in [-0.15, -0.1) is 11.8 Å². The van der Waals surface area contributed by atoms with Crippen LogP contribution in [0.25, 0.3) is 0 Å². The van der Waals surface area contributed by atoms with Crippen molar-refractivity contribution in [3.05, 3.63) is 58.7 Å². The first kappa shape index (κ1) is 15.6. The molecule has 0 spiro atoms. The molecule has 0 aliphatic rings. The van der Waals surface area contributed by atoms with Crippen LogP contribution >= 0.6 is 11.8 Å². The van der Waals surface area contributed by atoms with E-state index < -0.39 is 0 Å². The molecule has 1 N–H and O–H groups in total. The molecular formula is C18H21NOS. The molecule has 0 aliphatic heterocycles. The number of hydrogen-bond donors (Lipinski definition) is 1. The summed E-state index contributed by atoms with van der Waals surface area (Å²) in [6.45, 7) is 8.25. The molecule has 0 unspecified atom stereocenters. The Balaban J connectivity index is 1.94. The van der Waals surface area contributed by atoms with Gasteiger partial charge in [0.1, 0.15) is 0 Å². The van der Waals surface area contributed by atoms with Crippen molar-refractivity contribution in [1.29, 1.82) is 0 Å². The molecule has 0 radical (unpaired) electrons. The van der Waals surface area contributed by atoms with E-state index in [1.165, 1.54) is 11.1 Å². The van der Waals surface area contributed by atoms with E-state index in [4.69, 9.17) is 0 Å². The molecule has 21 heavy (non-hydrogen) atoms. The highest BCUT2D eigenvalue weighted by Gasteiger charge is 2.05. The molecule has 0 bridgehead atoms. The number of carbonyl (C=O) groups excluding carboxylic acids is 1. The van der Waals surface area contributed by atoms with Gasteiger partial charge in [0, 0.05) is 10.6 Å². The van der Waals surface area contributed by atoms with Gasteiger partial charge in [0.2, 0.25) is 5.91 Å². The monoisotopic (exact) mass is 299 g/mol. The minimum atomic E-state index is 0.0308. The number of aryl methyl sites for hydroxylation is 4. The number of rotatable bonds is 4. The van der Waals surface area contributed by atoms with Crippen molar-refractivity contribution in [2.24, 2.45) is 0 Å². The maximum absolute atomic E-state index is 12.0. The minimum Gasteiger partial charge on any atom is -0.325 e. The fourth-order valence-electron chi connectivity index (χ4n) is 2.20. The summed E-state index contributed by atoms with van der Waals surface area (Å²) >= 11 is 1.57. The molecule has 2 rings (SSSR count). The number of nitrogens with one attached hydrogen (secondary N) is 1. The first-order chi connectivity index (χ1) is 9.94. The molecule has 0 atom stereocenters. The first-order valence-electron chi connectivity index (χ1n) is 7.02. The van der Waals surface area contributed by atoms with Gasteiger partial charge in [-0.2, -0.15) is 0 Å². The van der Waals surface area contributed by atoms with Gasteiger partial charge in [-0.05, 0) is 74.2 Å². The van der Waals surface area contributed by atoms with Gasteiger partial charge in [-0.3, -0.25) is 4.79 Å². The second-order valence-electron chi connectivity index (χ2n) is 5.46. The molecule has 1 amide bonds. The number of hydrogen-bond acceptors (Lipinski definition) is 2. The summed E-state index contributed by atoms with van der Waals surface area (Å²) in [4.78, 5) is 13.2. The molecule has 110 valence electrons. The molecule has 2 aromatic carbocycles. The molecule has 2 nitrogen and oxygen atoms in total. The van der Waals surface area contributed by atoms with Crippen LogP contribution in [0.2, 0.25) is 0 Å². The second kappa shape index (κ2) is 6.81. The highest BCUT2D eigenvalue weighted by atomic mass is 32.2. The van der Waals surface area contributed by atoms with Crippen LogP contribution < -0.4 is 5.32 Å². The molecule has 0 aliphatic carbocycles. The zero-order valence-corrected chi connectivity index (χ0v) is 13.8. The number of benzene rings is 2. The standard InChI is InChI=1S/C18H21NOS/c1-12-7-13(2)9-16(8-12)19-18(20)11-21-17-6-5-14(3)15(4)10-17/h5-10H,11H2,1-4H3,(H,19,20). The summed E-state index contributed by atoms with van der Waals surface area (Å²) in [5, 5.41) is 2.96. The third-order valence-corrected chi connectivity index (χ3v) is 4.35. The molecule has 0 saturated carbocycles. The molecule has 0 saturated heterocycles. The number of anilines is 1. The minimum absolute atomic E-state index is 0.0308. The van der Waals surface area contributed by atoms with E-state index in [1.807, 2.05) is 26.0 Å². The Morgan fingerprint density at radius 2 is 1.62 bits per heavy atom. The van der Waals surface area contributed by atoms with Gasteiger partial charge < -0.3 is 5.32 Å². The summed E-state index contributed by atoms with van der Waals surface area (Å²) in [5.74, 6) is 0.457. The number of amides is 1. The Morgan fingerprint density at radius 3 is 2.24 bits per heavy atom. The van der Waals surface area contributed by atoms with E-state index in [0.717, 1.165) is 21.7 Å². The fourth-order valence-corrected chi connectivity index (χ4v) is 2.99. The average Bonchev–Trinajstić information content (AvgIpc) is 2.39. The SMILES string of the molecule is Cc1cc(C)cc(NC(=O)CSc2ccc(C)c(C)c2)c1. The summed E-state index contributed by atoms with van der Waals surface area (Å²) in [5.41, 5.74) is 5.73. The Kier molecular flexibility index (Phi) is 5.07. The zero-order chi connectivity index (χ0) is 15.4. The van der Waals surface area contributed by atoms with E-state index in [-0.39, 0.29) is 5.91 Å². The third kappa shape index (κ3) is 4.64. The van der Waals surface area contributed by atoms with Crippen LogP contribution in [0.3, 0.4) is 0 Å². The summed E-state index contributed by atoms with van der Waals surface area (Å²) in [7, 11) is 0. The lowest BCUT2D eigenvalue weighted by molar-refractivity contribution is -0.113. The van der Waals surface area contributed by atoms with Gasteiger partial charge >= 0.3 is 0 Å². The van der Waals surface area contributed by atoms with Crippen LogP contribution in [0.15, 0.2) is 41.3 Å². The molecule has 0 heterocycles. The van der Waals surface area contributed by atoms with Crippen LogP contribution in [0.4, 0.5) is 5.69 Å².